The van der Waals surface area contributed by atoms with Crippen molar-refractivity contribution in [1.82, 2.24) is 0 Å². The summed E-state index contributed by atoms with van der Waals surface area (Å²) in [5, 5.41) is -0.172. The van der Waals surface area contributed by atoms with Crippen molar-refractivity contribution in [3.05, 3.63) is 28.2 Å². The summed E-state index contributed by atoms with van der Waals surface area (Å²) in [7, 11) is -3.07. The summed E-state index contributed by atoms with van der Waals surface area (Å²) < 4.78 is 25.5. The van der Waals surface area contributed by atoms with Crippen molar-refractivity contribution in [2.75, 3.05) is 5.73 Å². The van der Waals surface area contributed by atoms with Crippen LogP contribution in [0, 0.1) is 0 Å². The summed E-state index contributed by atoms with van der Waals surface area (Å²) in [6, 6.07) is 5.38. The van der Waals surface area contributed by atoms with Gasteiger partial charge in [0.25, 0.3) is 0 Å². The molecule has 0 atom stereocenters. The van der Waals surface area contributed by atoms with E-state index in [2.05, 4.69) is 15.9 Å². The van der Waals surface area contributed by atoms with E-state index in [0.717, 1.165) is 36.6 Å². The molecule has 5 heteroatoms. The predicted molar refractivity (Wildman–Crippen MR) is 78.1 cm³/mol. The van der Waals surface area contributed by atoms with Crippen LogP contribution in [0.3, 0.4) is 0 Å². The highest BCUT2D eigenvalue weighted by Gasteiger charge is 2.27. The molecule has 18 heavy (non-hydrogen) atoms. The average molecular weight is 332 g/mol. The second kappa shape index (κ2) is 5.61. The zero-order valence-corrected chi connectivity index (χ0v) is 12.6. The number of benzene rings is 1. The Morgan fingerprint density at radius 1 is 1.22 bits per heavy atom. The van der Waals surface area contributed by atoms with E-state index in [-0.39, 0.29) is 11.0 Å². The number of sulfone groups is 1. The molecular formula is C13H18BrNO2S. The highest BCUT2D eigenvalue weighted by Crippen LogP contribution is 2.28. The lowest BCUT2D eigenvalue weighted by Gasteiger charge is -2.22. The van der Waals surface area contributed by atoms with Gasteiger partial charge in [-0.15, -0.1) is 0 Å². The van der Waals surface area contributed by atoms with Crippen molar-refractivity contribution >= 4 is 31.5 Å². The molecule has 1 aliphatic carbocycles. The van der Waals surface area contributed by atoms with Gasteiger partial charge in [0, 0.05) is 10.2 Å². The normalized spacial score (nSPS) is 17.8. The van der Waals surface area contributed by atoms with E-state index in [4.69, 9.17) is 5.73 Å². The fourth-order valence-corrected chi connectivity index (χ4v) is 4.82. The Bertz CT molecular complexity index is 522. The Labute approximate surface area is 117 Å². The smallest absolute Gasteiger partial charge is 0.157 e. The number of nitrogens with two attached hydrogens (primary N) is 1. The molecule has 1 fully saturated rings. The fraction of sp³-hybridized carbons (Fsp3) is 0.538. The topological polar surface area (TPSA) is 60.2 Å². The summed E-state index contributed by atoms with van der Waals surface area (Å²) in [6.45, 7) is 0. The first-order valence-corrected chi connectivity index (χ1v) is 8.75. The van der Waals surface area contributed by atoms with Gasteiger partial charge in [-0.2, -0.15) is 0 Å². The SMILES string of the molecule is Nc1cc(Br)ccc1CS(=O)(=O)C1CCCCC1. The van der Waals surface area contributed by atoms with Crippen LogP contribution in [0.15, 0.2) is 22.7 Å². The Hall–Kier alpha value is -0.550. The van der Waals surface area contributed by atoms with E-state index in [1.165, 1.54) is 0 Å². The number of hydrogen-bond acceptors (Lipinski definition) is 3. The largest absolute Gasteiger partial charge is 0.398 e. The maximum Gasteiger partial charge on any atom is 0.157 e. The van der Waals surface area contributed by atoms with Crippen LogP contribution >= 0.6 is 15.9 Å². The first kappa shape index (κ1) is 13.9. The van der Waals surface area contributed by atoms with Crippen LogP contribution in [0.2, 0.25) is 0 Å². The van der Waals surface area contributed by atoms with Gasteiger partial charge in [0.05, 0.1) is 11.0 Å². The summed E-state index contributed by atoms with van der Waals surface area (Å²) in [5.74, 6) is 0.0662. The lowest BCUT2D eigenvalue weighted by Crippen LogP contribution is -2.25. The summed E-state index contributed by atoms with van der Waals surface area (Å²) in [6.07, 6.45) is 4.82. The second-order valence-electron chi connectivity index (χ2n) is 4.91. The quantitative estimate of drug-likeness (QED) is 0.864. The van der Waals surface area contributed by atoms with Gasteiger partial charge >= 0.3 is 0 Å². The van der Waals surface area contributed by atoms with Crippen LogP contribution in [0.25, 0.3) is 0 Å². The number of hydrogen-bond donors (Lipinski definition) is 1. The Balaban J connectivity index is 2.16. The maximum absolute atomic E-state index is 12.3. The van der Waals surface area contributed by atoms with Crippen molar-refractivity contribution in [1.29, 1.82) is 0 Å². The average Bonchev–Trinajstić information content (AvgIpc) is 2.34. The van der Waals surface area contributed by atoms with Crippen LogP contribution < -0.4 is 5.73 Å². The third-order valence-corrected chi connectivity index (χ3v) is 6.22. The fourth-order valence-electron chi connectivity index (χ4n) is 2.46. The number of halogens is 1. The highest BCUT2D eigenvalue weighted by molar-refractivity contribution is 9.10. The number of nitrogen functional groups attached to an aromatic ring is 1. The molecule has 0 unspecified atom stereocenters. The van der Waals surface area contributed by atoms with Gasteiger partial charge < -0.3 is 5.73 Å². The molecule has 100 valence electrons. The van der Waals surface area contributed by atoms with Crippen LogP contribution in [0.4, 0.5) is 5.69 Å². The minimum absolute atomic E-state index is 0.0662. The molecule has 1 aliphatic rings. The number of anilines is 1. The molecule has 0 aliphatic heterocycles. The Morgan fingerprint density at radius 3 is 2.50 bits per heavy atom. The predicted octanol–water partition coefficient (Wildman–Crippen LogP) is 3.28. The van der Waals surface area contributed by atoms with Crippen LogP contribution in [0.5, 0.6) is 0 Å². The van der Waals surface area contributed by atoms with E-state index in [1.54, 1.807) is 12.1 Å². The molecule has 2 rings (SSSR count). The van der Waals surface area contributed by atoms with E-state index < -0.39 is 9.84 Å². The number of rotatable bonds is 3. The van der Waals surface area contributed by atoms with E-state index in [9.17, 15) is 8.42 Å². The molecule has 3 nitrogen and oxygen atoms in total. The zero-order chi connectivity index (χ0) is 13.2. The van der Waals surface area contributed by atoms with E-state index in [1.807, 2.05) is 6.07 Å². The van der Waals surface area contributed by atoms with Crippen molar-refractivity contribution in [3.63, 3.8) is 0 Å². The van der Waals surface area contributed by atoms with Crippen molar-refractivity contribution < 1.29 is 8.42 Å². The lowest BCUT2D eigenvalue weighted by molar-refractivity contribution is 0.483. The molecule has 2 N–H and O–H groups in total. The van der Waals surface area contributed by atoms with E-state index >= 15 is 0 Å². The molecule has 0 bridgehead atoms. The minimum Gasteiger partial charge on any atom is -0.398 e. The molecule has 0 radical (unpaired) electrons. The molecule has 0 amide bonds. The third-order valence-electron chi connectivity index (χ3n) is 3.52. The van der Waals surface area contributed by atoms with Crippen molar-refractivity contribution in [2.24, 2.45) is 0 Å². The third kappa shape index (κ3) is 3.26. The molecule has 1 aromatic carbocycles. The van der Waals surface area contributed by atoms with Crippen molar-refractivity contribution in [3.8, 4) is 0 Å². The first-order chi connectivity index (χ1) is 8.49. The second-order valence-corrected chi connectivity index (χ2v) is 8.11. The monoisotopic (exact) mass is 331 g/mol. The summed E-state index contributed by atoms with van der Waals surface area (Å²) in [5.41, 5.74) is 7.12. The summed E-state index contributed by atoms with van der Waals surface area (Å²) in [4.78, 5) is 0. The first-order valence-electron chi connectivity index (χ1n) is 6.24. The van der Waals surface area contributed by atoms with Crippen LogP contribution in [0.1, 0.15) is 37.7 Å². The molecule has 0 aromatic heterocycles. The zero-order valence-electron chi connectivity index (χ0n) is 10.2. The van der Waals surface area contributed by atoms with E-state index in [0.29, 0.717) is 11.3 Å². The molecular weight excluding hydrogens is 314 g/mol. The van der Waals surface area contributed by atoms with Gasteiger partial charge in [-0.3, -0.25) is 0 Å². The van der Waals surface area contributed by atoms with Gasteiger partial charge in [0.2, 0.25) is 0 Å². The summed E-state index contributed by atoms with van der Waals surface area (Å²) >= 11 is 3.32. The Kier molecular flexibility index (Phi) is 4.33. The van der Waals surface area contributed by atoms with Crippen LogP contribution in [-0.4, -0.2) is 13.7 Å². The molecule has 0 spiro atoms. The lowest BCUT2D eigenvalue weighted by atomic mass is 10.0. The van der Waals surface area contributed by atoms with Crippen LogP contribution in [-0.2, 0) is 15.6 Å². The molecule has 0 saturated heterocycles. The molecule has 1 aromatic rings. The van der Waals surface area contributed by atoms with Gasteiger partial charge in [-0.05, 0) is 30.5 Å². The Morgan fingerprint density at radius 2 is 1.89 bits per heavy atom. The maximum atomic E-state index is 12.3. The van der Waals surface area contributed by atoms with Gasteiger partial charge in [0.1, 0.15) is 0 Å². The van der Waals surface area contributed by atoms with Gasteiger partial charge in [0.15, 0.2) is 9.84 Å². The van der Waals surface area contributed by atoms with Gasteiger partial charge in [-0.25, -0.2) is 8.42 Å². The minimum atomic E-state index is -3.07. The standard InChI is InChI=1S/C13H18BrNO2S/c14-11-7-6-10(13(15)8-11)9-18(16,17)12-4-2-1-3-5-12/h6-8,12H,1-5,9,15H2. The molecule has 1 saturated carbocycles. The van der Waals surface area contributed by atoms with Crippen molar-refractivity contribution in [2.45, 2.75) is 43.1 Å². The van der Waals surface area contributed by atoms with Gasteiger partial charge in [-0.1, -0.05) is 41.3 Å². The highest BCUT2D eigenvalue weighted by atomic mass is 79.9. The molecule has 0 heterocycles.